The number of nitrogens with zero attached hydrogens (tertiary/aromatic N) is 1. The quantitative estimate of drug-likeness (QED) is 0.821. The number of benzene rings is 1. The molecule has 0 aliphatic rings. The normalized spacial score (nSPS) is 9.69. The van der Waals surface area contributed by atoms with Crippen LogP contribution in [0.1, 0.15) is 12.5 Å². The van der Waals surface area contributed by atoms with Crippen molar-refractivity contribution in [2.75, 3.05) is 7.05 Å². The highest BCUT2D eigenvalue weighted by atomic mass is 35.5. The van der Waals surface area contributed by atoms with Gasteiger partial charge in [0.2, 0.25) is 5.91 Å². The number of hydroxylamine groups is 3. The van der Waals surface area contributed by atoms with E-state index in [-0.39, 0.29) is 5.91 Å². The maximum atomic E-state index is 10.9. The molecule has 1 N–H and O–H groups in total. The Kier molecular flexibility index (Phi) is 4.34. The van der Waals surface area contributed by atoms with E-state index in [2.05, 4.69) is 12.1 Å². The van der Waals surface area contributed by atoms with E-state index in [1.54, 1.807) is 24.3 Å². The van der Waals surface area contributed by atoms with E-state index < -0.39 is 0 Å². The third kappa shape index (κ3) is 3.56. The first-order valence-electron chi connectivity index (χ1n) is 4.63. The molecule has 16 heavy (non-hydrogen) atoms. The third-order valence-electron chi connectivity index (χ3n) is 1.94. The lowest BCUT2D eigenvalue weighted by atomic mass is 10.2. The summed E-state index contributed by atoms with van der Waals surface area (Å²) < 4.78 is 0. The summed E-state index contributed by atoms with van der Waals surface area (Å²) in [5.41, 5.74) is 3.95. The predicted molar refractivity (Wildman–Crippen MR) is 63.2 cm³/mol. The summed E-state index contributed by atoms with van der Waals surface area (Å²) in [6, 6.07) is 7.10. The van der Waals surface area contributed by atoms with E-state index >= 15 is 0 Å². The minimum Gasteiger partial charge on any atom is -0.273 e. The first-order chi connectivity index (χ1) is 7.50. The fourth-order valence-electron chi connectivity index (χ4n) is 0.898. The van der Waals surface area contributed by atoms with Crippen LogP contribution in [0.15, 0.2) is 30.8 Å². The molecule has 1 rings (SSSR count). The van der Waals surface area contributed by atoms with Crippen LogP contribution < -0.4 is 5.48 Å². The van der Waals surface area contributed by atoms with Gasteiger partial charge in [0.05, 0.1) is 5.70 Å². The molecule has 0 atom stereocenters. The molecule has 1 aromatic rings. The molecule has 5 heteroatoms. The molecule has 0 spiro atoms. The zero-order valence-electron chi connectivity index (χ0n) is 9.16. The van der Waals surface area contributed by atoms with Gasteiger partial charge in [0, 0.05) is 19.0 Å². The number of rotatable bonds is 4. The molecule has 0 unspecified atom stereocenters. The average Bonchev–Trinajstić information content (AvgIpc) is 2.26. The van der Waals surface area contributed by atoms with Gasteiger partial charge in [-0.1, -0.05) is 30.3 Å². The van der Waals surface area contributed by atoms with E-state index in [1.165, 1.54) is 14.0 Å². The summed E-state index contributed by atoms with van der Waals surface area (Å²) in [4.78, 5) is 15.8. The van der Waals surface area contributed by atoms with Gasteiger partial charge in [0.15, 0.2) is 0 Å². The average molecular weight is 241 g/mol. The molecule has 0 saturated heterocycles. The Hall–Kier alpha value is -1.52. The summed E-state index contributed by atoms with van der Waals surface area (Å²) in [5, 5.41) is 1.72. The van der Waals surface area contributed by atoms with Gasteiger partial charge >= 0.3 is 0 Å². The first kappa shape index (κ1) is 12.5. The summed E-state index contributed by atoms with van der Waals surface area (Å²) in [6.07, 6.45) is 0. The number of carbonyl (C=O) groups is 1. The summed E-state index contributed by atoms with van der Waals surface area (Å²) in [6.45, 7) is 5.16. The van der Waals surface area contributed by atoms with Crippen LogP contribution in [0.2, 0.25) is 5.02 Å². The van der Waals surface area contributed by atoms with E-state index in [1.807, 2.05) is 0 Å². The number of hydrogen-bond acceptors (Lipinski definition) is 3. The number of amides is 1. The second kappa shape index (κ2) is 5.53. The van der Waals surface area contributed by atoms with Crippen molar-refractivity contribution in [1.82, 2.24) is 10.5 Å². The molecular formula is C11H13ClN2O2. The molecule has 0 radical (unpaired) electrons. The molecule has 0 aliphatic heterocycles. The molecular weight excluding hydrogens is 228 g/mol. The number of nitrogens with one attached hydrogen (secondary N) is 1. The molecule has 86 valence electrons. The van der Waals surface area contributed by atoms with Gasteiger partial charge < -0.3 is 0 Å². The zero-order chi connectivity index (χ0) is 12.1. The van der Waals surface area contributed by atoms with Crippen LogP contribution in [0.4, 0.5) is 0 Å². The van der Waals surface area contributed by atoms with Crippen LogP contribution in [0.5, 0.6) is 0 Å². The number of carbonyl (C=O) groups excluding carboxylic acids is 1. The zero-order valence-corrected chi connectivity index (χ0v) is 9.91. The van der Waals surface area contributed by atoms with Crippen LogP contribution in [-0.4, -0.2) is 18.0 Å². The number of hydrogen-bond donors (Lipinski definition) is 1. The van der Waals surface area contributed by atoms with E-state index in [9.17, 15) is 4.79 Å². The van der Waals surface area contributed by atoms with Crippen molar-refractivity contribution in [3.8, 4) is 0 Å². The highest BCUT2D eigenvalue weighted by Gasteiger charge is 2.04. The first-order valence-corrected chi connectivity index (χ1v) is 5.00. The molecule has 1 amide bonds. The van der Waals surface area contributed by atoms with Gasteiger partial charge in [-0.25, -0.2) is 5.48 Å². The fourth-order valence-corrected chi connectivity index (χ4v) is 1.02. The Morgan fingerprint density at radius 3 is 2.50 bits per heavy atom. The molecule has 0 saturated carbocycles. The van der Waals surface area contributed by atoms with Crippen molar-refractivity contribution >= 4 is 23.2 Å². The second-order valence-electron chi connectivity index (χ2n) is 3.20. The topological polar surface area (TPSA) is 41.6 Å². The van der Waals surface area contributed by atoms with Crippen molar-refractivity contribution < 1.29 is 9.73 Å². The van der Waals surface area contributed by atoms with Crippen molar-refractivity contribution in [2.45, 2.75) is 6.92 Å². The lowest BCUT2D eigenvalue weighted by molar-refractivity contribution is -0.192. The van der Waals surface area contributed by atoms with Crippen molar-refractivity contribution in [3.05, 3.63) is 41.4 Å². The second-order valence-corrected chi connectivity index (χ2v) is 3.63. The number of halogens is 1. The standard InChI is InChI=1S/C11H13ClN2O2/c1-8(13-16-14(3)9(2)15)10-4-6-11(12)7-5-10/h4-7,13H,1H2,2-3H3. The van der Waals surface area contributed by atoms with Gasteiger partial charge in [0.1, 0.15) is 0 Å². The third-order valence-corrected chi connectivity index (χ3v) is 2.19. The van der Waals surface area contributed by atoms with Crippen molar-refractivity contribution in [3.63, 3.8) is 0 Å². The molecule has 0 aromatic heterocycles. The van der Waals surface area contributed by atoms with Crippen molar-refractivity contribution in [2.24, 2.45) is 0 Å². The maximum absolute atomic E-state index is 10.9. The largest absolute Gasteiger partial charge is 0.273 e. The SMILES string of the molecule is C=C(NON(C)C(C)=O)c1ccc(Cl)cc1. The van der Waals surface area contributed by atoms with E-state index in [4.69, 9.17) is 16.5 Å². The van der Waals surface area contributed by atoms with E-state index in [0.29, 0.717) is 10.7 Å². The van der Waals surface area contributed by atoms with Crippen LogP contribution in [0.3, 0.4) is 0 Å². The van der Waals surface area contributed by atoms with Crippen LogP contribution in [-0.2, 0) is 9.73 Å². The minimum atomic E-state index is -0.212. The summed E-state index contributed by atoms with van der Waals surface area (Å²) in [5.74, 6) is -0.212. The van der Waals surface area contributed by atoms with Gasteiger partial charge in [0.25, 0.3) is 0 Å². The Morgan fingerprint density at radius 2 is 2.00 bits per heavy atom. The summed E-state index contributed by atoms with van der Waals surface area (Å²) >= 11 is 5.75. The summed E-state index contributed by atoms with van der Waals surface area (Å²) in [7, 11) is 1.50. The van der Waals surface area contributed by atoms with Gasteiger partial charge in [-0.05, 0) is 17.7 Å². The molecule has 0 heterocycles. The van der Waals surface area contributed by atoms with Gasteiger partial charge in [-0.15, -0.1) is 0 Å². The van der Waals surface area contributed by atoms with Gasteiger partial charge in [-0.2, -0.15) is 10.0 Å². The van der Waals surface area contributed by atoms with Crippen molar-refractivity contribution in [1.29, 1.82) is 0 Å². The Labute approximate surface area is 99.4 Å². The molecule has 0 aliphatic carbocycles. The lowest BCUT2D eigenvalue weighted by Gasteiger charge is -2.16. The minimum absolute atomic E-state index is 0.212. The highest BCUT2D eigenvalue weighted by Crippen LogP contribution is 2.14. The monoisotopic (exact) mass is 240 g/mol. The molecule has 0 bridgehead atoms. The Morgan fingerprint density at radius 1 is 1.44 bits per heavy atom. The highest BCUT2D eigenvalue weighted by molar-refractivity contribution is 6.30. The molecule has 4 nitrogen and oxygen atoms in total. The maximum Gasteiger partial charge on any atom is 0.244 e. The smallest absolute Gasteiger partial charge is 0.244 e. The molecule has 0 fully saturated rings. The van der Waals surface area contributed by atoms with E-state index in [0.717, 1.165) is 10.6 Å². The van der Waals surface area contributed by atoms with Crippen LogP contribution >= 0.6 is 11.6 Å². The Balaban J connectivity index is 2.53. The Bertz CT molecular complexity index is 389. The van der Waals surface area contributed by atoms with Gasteiger partial charge in [-0.3, -0.25) is 4.79 Å². The fraction of sp³-hybridized carbons (Fsp3) is 0.182. The van der Waals surface area contributed by atoms with Crippen LogP contribution in [0, 0.1) is 0 Å². The van der Waals surface area contributed by atoms with Crippen LogP contribution in [0.25, 0.3) is 5.70 Å². The molecule has 1 aromatic carbocycles. The predicted octanol–water partition coefficient (Wildman–Crippen LogP) is 2.23. The lowest BCUT2D eigenvalue weighted by Crippen LogP contribution is -2.30.